The maximum Gasteiger partial charge on any atom is 0.0860 e. The Bertz CT molecular complexity index is 302. The van der Waals surface area contributed by atoms with E-state index < -0.39 is 11.0 Å². The average molecular weight is 249 g/mol. The van der Waals surface area contributed by atoms with Gasteiger partial charge in [-0.3, -0.25) is 0 Å². The zero-order valence-electron chi connectivity index (χ0n) is 11.7. The van der Waals surface area contributed by atoms with Gasteiger partial charge in [0.1, 0.15) is 0 Å². The lowest BCUT2D eigenvalue weighted by atomic mass is 9.59. The molecule has 0 unspecified atom stereocenters. The zero-order chi connectivity index (χ0) is 13.1. The minimum Gasteiger partial charge on any atom is -0.388 e. The van der Waals surface area contributed by atoms with Crippen molar-refractivity contribution in [1.29, 1.82) is 5.26 Å². The number of aliphatic hydroxyl groups is 1. The topological polar surface area (TPSA) is 44.0 Å². The van der Waals surface area contributed by atoms with Crippen LogP contribution in [0.3, 0.4) is 0 Å². The second-order valence-corrected chi connectivity index (χ2v) is 6.68. The number of nitrogens with zero attached hydrogens (tertiary/aromatic N) is 1. The van der Waals surface area contributed by atoms with Gasteiger partial charge in [0, 0.05) is 0 Å². The number of nitriles is 1. The highest BCUT2D eigenvalue weighted by molar-refractivity contribution is 5.12. The molecule has 0 aromatic heterocycles. The molecule has 18 heavy (non-hydrogen) atoms. The smallest absolute Gasteiger partial charge is 0.0860 e. The Kier molecular flexibility index (Phi) is 4.33. The van der Waals surface area contributed by atoms with Gasteiger partial charge in [-0.1, -0.05) is 39.0 Å². The van der Waals surface area contributed by atoms with Crippen LogP contribution >= 0.6 is 0 Å². The highest BCUT2D eigenvalue weighted by Crippen LogP contribution is 2.50. The van der Waals surface area contributed by atoms with Gasteiger partial charge in [-0.15, -0.1) is 0 Å². The summed E-state index contributed by atoms with van der Waals surface area (Å²) in [6, 6.07) is 2.56. The lowest BCUT2D eigenvalue weighted by molar-refractivity contribution is -0.0996. The molecule has 0 saturated heterocycles. The van der Waals surface area contributed by atoms with Crippen LogP contribution in [0.1, 0.15) is 77.6 Å². The van der Waals surface area contributed by atoms with E-state index >= 15 is 0 Å². The van der Waals surface area contributed by atoms with Crippen LogP contribution in [-0.4, -0.2) is 10.7 Å². The van der Waals surface area contributed by atoms with Crippen molar-refractivity contribution >= 4 is 0 Å². The molecule has 0 aliphatic heterocycles. The molecule has 2 fully saturated rings. The number of hydrogen-bond donors (Lipinski definition) is 1. The van der Waals surface area contributed by atoms with Crippen LogP contribution in [0.5, 0.6) is 0 Å². The van der Waals surface area contributed by atoms with Crippen molar-refractivity contribution in [1.82, 2.24) is 0 Å². The molecule has 2 heteroatoms. The van der Waals surface area contributed by atoms with Crippen LogP contribution in [0.2, 0.25) is 0 Å². The Labute approximate surface area is 111 Å². The molecule has 0 amide bonds. The van der Waals surface area contributed by atoms with E-state index in [2.05, 4.69) is 13.0 Å². The van der Waals surface area contributed by atoms with Crippen molar-refractivity contribution in [2.75, 3.05) is 0 Å². The van der Waals surface area contributed by atoms with Gasteiger partial charge in [-0.05, 0) is 44.4 Å². The van der Waals surface area contributed by atoms with Crippen molar-refractivity contribution in [2.45, 2.75) is 83.2 Å². The van der Waals surface area contributed by atoms with Crippen LogP contribution in [0.4, 0.5) is 0 Å². The van der Waals surface area contributed by atoms with Gasteiger partial charge in [0.15, 0.2) is 0 Å². The summed E-state index contributed by atoms with van der Waals surface area (Å²) in [7, 11) is 0. The Morgan fingerprint density at radius 1 is 0.944 bits per heavy atom. The molecule has 102 valence electrons. The second-order valence-electron chi connectivity index (χ2n) is 6.68. The predicted octanol–water partition coefficient (Wildman–Crippen LogP) is 4.18. The minimum absolute atomic E-state index is 0.451. The first-order valence-corrected chi connectivity index (χ1v) is 7.76. The van der Waals surface area contributed by atoms with E-state index in [1.165, 1.54) is 19.3 Å². The highest BCUT2D eigenvalue weighted by Gasteiger charge is 2.51. The van der Waals surface area contributed by atoms with Crippen molar-refractivity contribution in [3.63, 3.8) is 0 Å². The third-order valence-electron chi connectivity index (χ3n) is 5.41. The van der Waals surface area contributed by atoms with Crippen LogP contribution in [0.15, 0.2) is 0 Å². The SMILES string of the molecule is CC1CCC(O)(C2(C#N)CCCCCCC2)CC1. The first-order chi connectivity index (χ1) is 8.62. The fourth-order valence-electron chi connectivity index (χ4n) is 3.91. The largest absolute Gasteiger partial charge is 0.388 e. The first kappa shape index (κ1) is 13.9. The van der Waals surface area contributed by atoms with Gasteiger partial charge in [-0.25, -0.2) is 0 Å². The van der Waals surface area contributed by atoms with E-state index in [9.17, 15) is 10.4 Å². The summed E-state index contributed by atoms with van der Waals surface area (Å²) in [4.78, 5) is 0. The van der Waals surface area contributed by atoms with E-state index in [-0.39, 0.29) is 0 Å². The monoisotopic (exact) mass is 249 g/mol. The standard InChI is InChI=1S/C16H27NO/c1-14-7-11-16(18,12-8-14)15(13-17)9-5-3-2-4-6-10-15/h14,18H,2-12H2,1H3. The summed E-state index contributed by atoms with van der Waals surface area (Å²) in [6.45, 7) is 2.26. The van der Waals surface area contributed by atoms with Crippen molar-refractivity contribution in [2.24, 2.45) is 11.3 Å². The number of rotatable bonds is 1. The van der Waals surface area contributed by atoms with Gasteiger partial charge in [0.05, 0.1) is 17.1 Å². The summed E-state index contributed by atoms with van der Waals surface area (Å²) in [6.07, 6.45) is 11.7. The average Bonchev–Trinajstić information content (AvgIpc) is 2.33. The molecule has 0 spiro atoms. The van der Waals surface area contributed by atoms with Crippen LogP contribution in [-0.2, 0) is 0 Å². The van der Waals surface area contributed by atoms with E-state index in [0.29, 0.717) is 0 Å². The highest BCUT2D eigenvalue weighted by atomic mass is 16.3. The predicted molar refractivity (Wildman–Crippen MR) is 72.9 cm³/mol. The van der Waals surface area contributed by atoms with E-state index in [1.807, 2.05) is 0 Å². The van der Waals surface area contributed by atoms with Gasteiger partial charge in [0.25, 0.3) is 0 Å². The van der Waals surface area contributed by atoms with E-state index in [0.717, 1.165) is 57.3 Å². The maximum atomic E-state index is 11.1. The van der Waals surface area contributed by atoms with Crippen LogP contribution < -0.4 is 0 Å². The molecule has 2 nitrogen and oxygen atoms in total. The van der Waals surface area contributed by atoms with Gasteiger partial charge in [-0.2, -0.15) is 5.26 Å². The zero-order valence-corrected chi connectivity index (χ0v) is 11.7. The number of hydrogen-bond acceptors (Lipinski definition) is 2. The van der Waals surface area contributed by atoms with Gasteiger partial charge >= 0.3 is 0 Å². The Balaban J connectivity index is 2.16. The molecule has 2 rings (SSSR count). The van der Waals surface area contributed by atoms with Crippen LogP contribution in [0, 0.1) is 22.7 Å². The second kappa shape index (κ2) is 5.61. The Morgan fingerprint density at radius 3 is 1.94 bits per heavy atom. The maximum absolute atomic E-state index is 11.1. The summed E-state index contributed by atoms with van der Waals surface area (Å²) in [5.41, 5.74) is -1.15. The van der Waals surface area contributed by atoms with Crippen molar-refractivity contribution in [3.05, 3.63) is 0 Å². The first-order valence-electron chi connectivity index (χ1n) is 7.76. The molecule has 1 N–H and O–H groups in total. The summed E-state index contributed by atoms with van der Waals surface area (Å²) >= 11 is 0. The summed E-state index contributed by atoms with van der Waals surface area (Å²) in [5, 5.41) is 20.8. The fraction of sp³-hybridized carbons (Fsp3) is 0.938. The Hall–Kier alpha value is -0.550. The molecule has 2 aliphatic carbocycles. The molecule has 0 aromatic carbocycles. The molecule has 0 heterocycles. The molecule has 0 radical (unpaired) electrons. The Morgan fingerprint density at radius 2 is 1.44 bits per heavy atom. The third kappa shape index (κ3) is 2.57. The molecule has 0 bridgehead atoms. The molecule has 2 aliphatic rings. The third-order valence-corrected chi connectivity index (χ3v) is 5.41. The summed E-state index contributed by atoms with van der Waals surface area (Å²) in [5.74, 6) is 0.717. The minimum atomic E-state index is -0.703. The van der Waals surface area contributed by atoms with Gasteiger partial charge in [0.2, 0.25) is 0 Å². The molecular weight excluding hydrogens is 222 g/mol. The molecule has 0 aromatic rings. The van der Waals surface area contributed by atoms with E-state index in [1.54, 1.807) is 0 Å². The molecular formula is C16H27NO. The van der Waals surface area contributed by atoms with Crippen molar-refractivity contribution in [3.8, 4) is 6.07 Å². The molecule has 2 saturated carbocycles. The van der Waals surface area contributed by atoms with Crippen LogP contribution in [0.25, 0.3) is 0 Å². The molecule has 0 atom stereocenters. The summed E-state index contributed by atoms with van der Waals surface area (Å²) < 4.78 is 0. The lowest BCUT2D eigenvalue weighted by Crippen LogP contribution is -2.50. The lowest BCUT2D eigenvalue weighted by Gasteiger charge is -2.47. The quantitative estimate of drug-likeness (QED) is 0.757. The fourth-order valence-corrected chi connectivity index (χ4v) is 3.91. The van der Waals surface area contributed by atoms with E-state index in [4.69, 9.17) is 0 Å². The normalized spacial score (nSPS) is 37.3. The van der Waals surface area contributed by atoms with Gasteiger partial charge < -0.3 is 5.11 Å². The van der Waals surface area contributed by atoms with Crippen molar-refractivity contribution < 1.29 is 5.11 Å².